The third-order valence-electron chi connectivity index (χ3n) is 0. The van der Waals surface area contributed by atoms with Crippen molar-refractivity contribution < 1.29 is 129 Å². The van der Waals surface area contributed by atoms with Crippen LogP contribution in [0.15, 0.2) is 0 Å². The third-order valence-corrected chi connectivity index (χ3v) is 0. The monoisotopic (exact) mass is 664 g/mol. The molecule has 0 aliphatic heterocycles. The molecule has 0 fully saturated rings. The summed E-state index contributed by atoms with van der Waals surface area (Å²) in [6.45, 7) is 3.89. The van der Waals surface area contributed by atoms with Gasteiger partial charge in [-0.05, 0) is 27.7 Å². The number of carbonyl (C=O) groups excluding carboxylic acids is 4. The SMILES string of the molecule is CC(=O)[O-].CC(=O)[O-].CC(=O)[O-].CC(=O)[O-].[Ag+].[Ag+].[Ag+].[Ag+]. The Balaban J connectivity index is -0.0000000150. The van der Waals surface area contributed by atoms with Gasteiger partial charge in [-0.15, -0.1) is 0 Å². The minimum atomic E-state index is -1.08. The first-order chi connectivity index (χ1) is 6.93. The van der Waals surface area contributed by atoms with Gasteiger partial charge in [0, 0.05) is 23.9 Å². The van der Waals surface area contributed by atoms with Crippen LogP contribution in [0.4, 0.5) is 0 Å². The van der Waals surface area contributed by atoms with E-state index in [2.05, 4.69) is 0 Å². The average Bonchev–Trinajstić information content (AvgIpc) is 1.76. The molecule has 8 nitrogen and oxygen atoms in total. The molecule has 0 aromatic carbocycles. The topological polar surface area (TPSA) is 161 Å². The van der Waals surface area contributed by atoms with E-state index in [1.165, 1.54) is 0 Å². The minimum absolute atomic E-state index is 0. The van der Waals surface area contributed by atoms with Gasteiger partial charge in [0.15, 0.2) is 0 Å². The molecule has 0 aliphatic rings. The molecular weight excluding hydrogens is 656 g/mol. The van der Waals surface area contributed by atoms with Crippen LogP contribution in [0, 0.1) is 0 Å². The number of rotatable bonds is 0. The fraction of sp³-hybridized carbons (Fsp3) is 0.500. The van der Waals surface area contributed by atoms with E-state index in [4.69, 9.17) is 39.6 Å². The van der Waals surface area contributed by atoms with Crippen LogP contribution in [-0.4, -0.2) is 23.9 Å². The van der Waals surface area contributed by atoms with Crippen molar-refractivity contribution in [1.82, 2.24) is 0 Å². The van der Waals surface area contributed by atoms with Crippen molar-refractivity contribution in [2.75, 3.05) is 0 Å². The van der Waals surface area contributed by atoms with Crippen LogP contribution in [0.25, 0.3) is 0 Å². The molecule has 0 unspecified atom stereocenters. The first-order valence-electron chi connectivity index (χ1n) is 3.63. The molecule has 0 radical (unpaired) electrons. The Kier molecular flexibility index (Phi) is 106. The van der Waals surface area contributed by atoms with Gasteiger partial charge in [0.2, 0.25) is 0 Å². The number of carboxylic acids is 4. The Morgan fingerprint density at radius 2 is 0.450 bits per heavy atom. The smallest absolute Gasteiger partial charge is 0.550 e. The number of aliphatic carboxylic acids is 4. The molecule has 0 heterocycles. The summed E-state index contributed by atoms with van der Waals surface area (Å²) in [5.74, 6) is -4.33. The molecule has 0 saturated carbocycles. The molecule has 0 rings (SSSR count). The molecule has 0 aliphatic carbocycles. The Labute approximate surface area is 179 Å². The summed E-state index contributed by atoms with van der Waals surface area (Å²) in [7, 11) is 0. The largest absolute Gasteiger partial charge is 1.00 e. The zero-order valence-electron chi connectivity index (χ0n) is 10.5. The minimum Gasteiger partial charge on any atom is -0.550 e. The Hall–Kier alpha value is 0.841. The molecule has 12 heteroatoms. The summed E-state index contributed by atoms with van der Waals surface area (Å²) in [6.07, 6.45) is 0. The fourth-order valence-corrected chi connectivity index (χ4v) is 0. The maximum atomic E-state index is 8.89. The summed E-state index contributed by atoms with van der Waals surface area (Å²) in [5.41, 5.74) is 0. The zero-order valence-corrected chi connectivity index (χ0v) is 16.4. The first kappa shape index (κ1) is 49.8. The fourth-order valence-electron chi connectivity index (χ4n) is 0. The molecule has 20 heavy (non-hydrogen) atoms. The first-order valence-corrected chi connectivity index (χ1v) is 3.63. The van der Waals surface area contributed by atoms with Crippen LogP contribution in [0.1, 0.15) is 27.7 Å². The molecule has 0 saturated heterocycles. The van der Waals surface area contributed by atoms with Gasteiger partial charge in [-0.1, -0.05) is 0 Å². The van der Waals surface area contributed by atoms with Crippen molar-refractivity contribution in [1.29, 1.82) is 0 Å². The quantitative estimate of drug-likeness (QED) is 0.232. The van der Waals surface area contributed by atoms with E-state index >= 15 is 0 Å². The molecular formula is C8H12Ag4O8. The van der Waals surface area contributed by atoms with E-state index in [9.17, 15) is 0 Å². The van der Waals surface area contributed by atoms with E-state index < -0.39 is 23.9 Å². The second-order valence-corrected chi connectivity index (χ2v) is 1.97. The van der Waals surface area contributed by atoms with Crippen LogP contribution in [0.5, 0.6) is 0 Å². The summed E-state index contributed by atoms with van der Waals surface area (Å²) in [5, 5.41) is 35.6. The number of hydrogen-bond acceptors (Lipinski definition) is 8. The standard InChI is InChI=1S/4C2H4O2.4Ag/c4*1-2(3)4;;;;/h4*1H3,(H,3,4);;;;/q;;;;4*+1/p-4. The number of carboxylic acid groups (broad SMARTS) is 4. The second-order valence-electron chi connectivity index (χ2n) is 1.97. The summed E-state index contributed by atoms with van der Waals surface area (Å²) in [6, 6.07) is 0. The van der Waals surface area contributed by atoms with Gasteiger partial charge in [0.1, 0.15) is 0 Å². The Bertz CT molecular complexity index is 171. The number of carbonyl (C=O) groups is 4. The van der Waals surface area contributed by atoms with Gasteiger partial charge < -0.3 is 39.6 Å². The Morgan fingerprint density at radius 1 is 0.450 bits per heavy atom. The maximum absolute atomic E-state index is 8.89. The van der Waals surface area contributed by atoms with Crippen molar-refractivity contribution in [2.24, 2.45) is 0 Å². The molecule has 0 aromatic heterocycles. The third kappa shape index (κ3) is 8480. The van der Waals surface area contributed by atoms with E-state index in [-0.39, 0.29) is 89.5 Å². The van der Waals surface area contributed by atoms with Gasteiger partial charge in [-0.25, -0.2) is 0 Å². The van der Waals surface area contributed by atoms with Crippen LogP contribution >= 0.6 is 0 Å². The zero-order chi connectivity index (χ0) is 14.3. The molecule has 0 amide bonds. The van der Waals surface area contributed by atoms with Gasteiger partial charge in [-0.3, -0.25) is 0 Å². The maximum Gasteiger partial charge on any atom is 1.00 e. The van der Waals surface area contributed by atoms with Gasteiger partial charge >= 0.3 is 89.5 Å². The molecule has 0 bridgehead atoms. The predicted molar refractivity (Wildman–Crippen MR) is 42.7 cm³/mol. The average molecular weight is 668 g/mol. The molecule has 0 N–H and O–H groups in total. The van der Waals surface area contributed by atoms with Crippen LogP contribution in [0.2, 0.25) is 0 Å². The van der Waals surface area contributed by atoms with Crippen molar-refractivity contribution in [3.63, 3.8) is 0 Å². The second kappa shape index (κ2) is 42.7. The van der Waals surface area contributed by atoms with Gasteiger partial charge in [0.25, 0.3) is 0 Å². The molecule has 136 valence electrons. The van der Waals surface area contributed by atoms with Crippen molar-refractivity contribution in [2.45, 2.75) is 27.7 Å². The van der Waals surface area contributed by atoms with Crippen LogP contribution < -0.4 is 20.4 Å². The molecule has 0 spiro atoms. The number of hydrogen-bond donors (Lipinski definition) is 0. The molecule has 0 atom stereocenters. The summed E-state index contributed by atoms with van der Waals surface area (Å²) >= 11 is 0. The van der Waals surface area contributed by atoms with Gasteiger partial charge in [-0.2, -0.15) is 0 Å². The van der Waals surface area contributed by atoms with Gasteiger partial charge in [0.05, 0.1) is 0 Å². The van der Waals surface area contributed by atoms with E-state index in [1.54, 1.807) is 0 Å². The Morgan fingerprint density at radius 3 is 0.450 bits per heavy atom. The van der Waals surface area contributed by atoms with E-state index in [1.807, 2.05) is 0 Å². The molecule has 0 aromatic rings. The van der Waals surface area contributed by atoms with E-state index in [0.717, 1.165) is 27.7 Å². The normalized spacial score (nSPS) is 5.00. The van der Waals surface area contributed by atoms with Crippen molar-refractivity contribution in [3.05, 3.63) is 0 Å². The van der Waals surface area contributed by atoms with Crippen molar-refractivity contribution >= 4 is 23.9 Å². The van der Waals surface area contributed by atoms with Crippen LogP contribution in [-0.2, 0) is 109 Å². The van der Waals surface area contributed by atoms with Crippen molar-refractivity contribution in [3.8, 4) is 0 Å². The van der Waals surface area contributed by atoms with Crippen LogP contribution in [0.3, 0.4) is 0 Å². The summed E-state index contributed by atoms with van der Waals surface area (Å²) < 4.78 is 0. The van der Waals surface area contributed by atoms with E-state index in [0.29, 0.717) is 0 Å². The summed E-state index contributed by atoms with van der Waals surface area (Å²) in [4.78, 5) is 35.6. The predicted octanol–water partition coefficient (Wildman–Crippen LogP) is -4.99.